The Labute approximate surface area is 172 Å². The highest BCUT2D eigenvalue weighted by Crippen LogP contribution is 2.27. The molecule has 1 aliphatic heterocycles. The number of nitrogens with zero attached hydrogens (tertiary/aromatic N) is 2. The van der Waals surface area contributed by atoms with Gasteiger partial charge in [-0.2, -0.15) is 5.26 Å². The highest BCUT2D eigenvalue weighted by Gasteiger charge is 2.35. The van der Waals surface area contributed by atoms with Crippen molar-refractivity contribution >= 4 is 11.9 Å². The average molecular weight is 399 g/mol. The molecule has 0 aromatic heterocycles. The fraction of sp³-hybridized carbons (Fsp3) is 0.591. The molecule has 29 heavy (non-hydrogen) atoms. The predicted molar refractivity (Wildman–Crippen MR) is 107 cm³/mol. The fourth-order valence-electron chi connectivity index (χ4n) is 3.80. The highest BCUT2D eigenvalue weighted by atomic mass is 16.5. The number of esters is 1. The maximum atomic E-state index is 12.5. The van der Waals surface area contributed by atoms with E-state index in [9.17, 15) is 14.9 Å². The maximum Gasteiger partial charge on any atom is 0.338 e. The van der Waals surface area contributed by atoms with Crippen molar-refractivity contribution in [1.82, 2.24) is 10.2 Å². The molecule has 0 unspecified atom stereocenters. The Bertz CT molecular complexity index is 744. The van der Waals surface area contributed by atoms with Crippen LogP contribution in [0.5, 0.6) is 0 Å². The summed E-state index contributed by atoms with van der Waals surface area (Å²) in [6.07, 6.45) is 3.23. The van der Waals surface area contributed by atoms with Crippen molar-refractivity contribution in [3.05, 3.63) is 35.4 Å². The maximum absolute atomic E-state index is 12.5. The minimum absolute atomic E-state index is 0.406. The quantitative estimate of drug-likeness (QED) is 0.739. The Hall–Kier alpha value is -2.43. The summed E-state index contributed by atoms with van der Waals surface area (Å²) < 4.78 is 10.7. The van der Waals surface area contributed by atoms with Gasteiger partial charge in [0.25, 0.3) is 5.91 Å². The van der Waals surface area contributed by atoms with Crippen LogP contribution in [0.25, 0.3) is 0 Å². The lowest BCUT2D eigenvalue weighted by Gasteiger charge is -2.32. The standard InChI is InChI=1S/C22H29N3O4/c1-17(20(26)24-22(16-23)9-3-2-4-10-22)29-21(27)19-7-5-18(6-8-19)15-25-11-13-28-14-12-25/h5-8,17H,2-4,9-15H2,1H3,(H,24,26)/t17-/m1/s1. The molecule has 1 N–H and O–H groups in total. The molecule has 1 saturated heterocycles. The van der Waals surface area contributed by atoms with Gasteiger partial charge in [0.1, 0.15) is 5.54 Å². The highest BCUT2D eigenvalue weighted by molar-refractivity contribution is 5.92. The van der Waals surface area contributed by atoms with Gasteiger partial charge in [-0.3, -0.25) is 9.69 Å². The van der Waals surface area contributed by atoms with Gasteiger partial charge < -0.3 is 14.8 Å². The van der Waals surface area contributed by atoms with Crippen LogP contribution in [0.15, 0.2) is 24.3 Å². The van der Waals surface area contributed by atoms with E-state index in [0.717, 1.165) is 57.7 Å². The van der Waals surface area contributed by atoms with Crippen LogP contribution in [0.1, 0.15) is 54.9 Å². The zero-order chi connectivity index (χ0) is 20.7. The number of carbonyl (C=O) groups is 2. The van der Waals surface area contributed by atoms with E-state index in [2.05, 4.69) is 16.3 Å². The first-order chi connectivity index (χ1) is 14.0. The molecule has 2 aliphatic rings. The van der Waals surface area contributed by atoms with Crippen LogP contribution < -0.4 is 5.32 Å². The summed E-state index contributed by atoms with van der Waals surface area (Å²) in [5.74, 6) is -0.967. The summed E-state index contributed by atoms with van der Waals surface area (Å²) in [4.78, 5) is 27.2. The second-order valence-electron chi connectivity index (χ2n) is 7.88. The van der Waals surface area contributed by atoms with Gasteiger partial charge >= 0.3 is 5.97 Å². The monoisotopic (exact) mass is 399 g/mol. The van der Waals surface area contributed by atoms with Gasteiger partial charge in [-0.25, -0.2) is 4.79 Å². The van der Waals surface area contributed by atoms with Gasteiger partial charge in [0.05, 0.1) is 24.8 Å². The van der Waals surface area contributed by atoms with Gasteiger partial charge in [0.2, 0.25) is 0 Å². The number of benzene rings is 1. The molecule has 0 radical (unpaired) electrons. The molecule has 7 heteroatoms. The number of nitriles is 1. The van der Waals surface area contributed by atoms with Crippen LogP contribution >= 0.6 is 0 Å². The van der Waals surface area contributed by atoms with Crippen molar-refractivity contribution in [2.75, 3.05) is 26.3 Å². The van der Waals surface area contributed by atoms with Crippen molar-refractivity contribution in [1.29, 1.82) is 5.26 Å². The van der Waals surface area contributed by atoms with E-state index >= 15 is 0 Å². The van der Waals surface area contributed by atoms with E-state index in [1.165, 1.54) is 6.92 Å². The lowest BCUT2D eigenvalue weighted by Crippen LogP contribution is -2.52. The molecule has 1 saturated carbocycles. The van der Waals surface area contributed by atoms with E-state index < -0.39 is 23.5 Å². The zero-order valence-corrected chi connectivity index (χ0v) is 17.0. The molecule has 3 rings (SSSR count). The molecule has 1 aliphatic carbocycles. The third-order valence-corrected chi connectivity index (χ3v) is 5.64. The Balaban J connectivity index is 1.52. The normalized spacial score (nSPS) is 20.3. The zero-order valence-electron chi connectivity index (χ0n) is 17.0. The molecule has 1 aromatic carbocycles. The Kier molecular flexibility index (Phi) is 7.24. The van der Waals surface area contributed by atoms with Crippen LogP contribution in [0.3, 0.4) is 0 Å². The first kappa shape index (κ1) is 21.3. The first-order valence-corrected chi connectivity index (χ1v) is 10.3. The number of ether oxygens (including phenoxy) is 2. The number of morpholine rings is 1. The Morgan fingerprint density at radius 2 is 1.86 bits per heavy atom. The van der Waals surface area contributed by atoms with Crippen LogP contribution in [-0.2, 0) is 20.8 Å². The predicted octanol–water partition coefficient (Wildman–Crippen LogP) is 2.41. The summed E-state index contributed by atoms with van der Waals surface area (Å²) in [7, 11) is 0. The summed E-state index contributed by atoms with van der Waals surface area (Å²) in [5.41, 5.74) is 0.683. The van der Waals surface area contributed by atoms with Gasteiger partial charge in [0.15, 0.2) is 6.10 Å². The number of carbonyl (C=O) groups excluding carboxylic acids is 2. The van der Waals surface area contributed by atoms with Crippen LogP contribution in [0, 0.1) is 11.3 Å². The second kappa shape index (κ2) is 9.86. The summed E-state index contributed by atoms with van der Waals surface area (Å²) >= 11 is 0. The molecule has 1 amide bonds. The van der Waals surface area contributed by atoms with E-state index in [1.807, 2.05) is 12.1 Å². The molecule has 1 aromatic rings. The lowest BCUT2D eigenvalue weighted by atomic mass is 9.83. The van der Waals surface area contributed by atoms with E-state index in [4.69, 9.17) is 9.47 Å². The van der Waals surface area contributed by atoms with Crippen molar-refractivity contribution in [2.24, 2.45) is 0 Å². The van der Waals surface area contributed by atoms with Crippen molar-refractivity contribution < 1.29 is 19.1 Å². The molecule has 0 spiro atoms. The lowest BCUT2D eigenvalue weighted by molar-refractivity contribution is -0.130. The van der Waals surface area contributed by atoms with Gasteiger partial charge in [-0.1, -0.05) is 31.4 Å². The van der Waals surface area contributed by atoms with E-state index in [1.54, 1.807) is 12.1 Å². The van der Waals surface area contributed by atoms with Crippen LogP contribution in [-0.4, -0.2) is 54.7 Å². The van der Waals surface area contributed by atoms with Crippen LogP contribution in [0.4, 0.5) is 0 Å². The summed E-state index contributed by atoms with van der Waals surface area (Å²) in [6, 6.07) is 9.50. The minimum Gasteiger partial charge on any atom is -0.449 e. The molecular weight excluding hydrogens is 370 g/mol. The number of nitrogens with one attached hydrogen (secondary N) is 1. The topological polar surface area (TPSA) is 91.7 Å². The molecule has 156 valence electrons. The fourth-order valence-corrected chi connectivity index (χ4v) is 3.80. The molecule has 0 bridgehead atoms. The first-order valence-electron chi connectivity index (χ1n) is 10.3. The second-order valence-corrected chi connectivity index (χ2v) is 7.88. The third-order valence-electron chi connectivity index (χ3n) is 5.64. The van der Waals surface area contributed by atoms with E-state index in [-0.39, 0.29) is 0 Å². The molecular formula is C22H29N3O4. The van der Waals surface area contributed by atoms with Crippen molar-refractivity contribution in [3.8, 4) is 6.07 Å². The number of hydrogen-bond acceptors (Lipinski definition) is 6. The minimum atomic E-state index is -0.956. The van der Waals surface area contributed by atoms with Crippen LogP contribution in [0.2, 0.25) is 0 Å². The molecule has 1 heterocycles. The molecule has 7 nitrogen and oxygen atoms in total. The smallest absolute Gasteiger partial charge is 0.338 e. The van der Waals surface area contributed by atoms with Gasteiger partial charge in [-0.15, -0.1) is 0 Å². The SMILES string of the molecule is C[C@@H](OC(=O)c1ccc(CN2CCOCC2)cc1)C(=O)NC1(C#N)CCCCC1. The Morgan fingerprint density at radius 3 is 2.48 bits per heavy atom. The third kappa shape index (κ3) is 5.78. The number of rotatable bonds is 6. The average Bonchev–Trinajstić information content (AvgIpc) is 2.75. The van der Waals surface area contributed by atoms with Gasteiger partial charge in [-0.05, 0) is 37.5 Å². The van der Waals surface area contributed by atoms with Crippen molar-refractivity contribution in [3.63, 3.8) is 0 Å². The van der Waals surface area contributed by atoms with Crippen molar-refractivity contribution in [2.45, 2.75) is 57.2 Å². The molecule has 2 fully saturated rings. The summed E-state index contributed by atoms with van der Waals surface area (Å²) in [5, 5.41) is 12.3. The molecule has 1 atom stereocenters. The summed E-state index contributed by atoms with van der Waals surface area (Å²) in [6.45, 7) is 5.65. The number of amides is 1. The van der Waals surface area contributed by atoms with E-state index in [0.29, 0.717) is 18.4 Å². The number of hydrogen-bond donors (Lipinski definition) is 1. The van der Waals surface area contributed by atoms with Gasteiger partial charge in [0, 0.05) is 19.6 Å². The Morgan fingerprint density at radius 1 is 1.21 bits per heavy atom. The largest absolute Gasteiger partial charge is 0.449 e.